The molecule has 0 aromatic heterocycles. The molecule has 3 rings (SSSR count). The van der Waals surface area contributed by atoms with Crippen LogP contribution in [0.5, 0.6) is 0 Å². The van der Waals surface area contributed by atoms with Gasteiger partial charge in [0.05, 0.1) is 0 Å². The van der Waals surface area contributed by atoms with Gasteiger partial charge in [-0.1, -0.05) is 54.6 Å². The summed E-state index contributed by atoms with van der Waals surface area (Å²) in [6.45, 7) is 0. The Morgan fingerprint density at radius 2 is 1.40 bits per heavy atom. The van der Waals surface area contributed by atoms with Gasteiger partial charge >= 0.3 is 5.97 Å². The molecular formula is C23H17F2NO4. The molecule has 2 N–H and O–H groups in total. The number of halogens is 2. The van der Waals surface area contributed by atoms with Gasteiger partial charge < -0.3 is 10.4 Å². The third-order valence-corrected chi connectivity index (χ3v) is 4.48. The van der Waals surface area contributed by atoms with Crippen molar-refractivity contribution in [2.75, 3.05) is 0 Å². The Bertz CT molecular complexity index is 1080. The second-order valence-electron chi connectivity index (χ2n) is 6.59. The van der Waals surface area contributed by atoms with E-state index in [2.05, 4.69) is 5.32 Å². The zero-order valence-corrected chi connectivity index (χ0v) is 15.6. The molecule has 0 heterocycles. The smallest absolute Gasteiger partial charge is 0.326 e. The summed E-state index contributed by atoms with van der Waals surface area (Å²) in [6, 6.07) is 16.4. The summed E-state index contributed by atoms with van der Waals surface area (Å²) in [5, 5.41) is 11.7. The van der Waals surface area contributed by atoms with E-state index in [0.29, 0.717) is 22.8 Å². The first-order valence-corrected chi connectivity index (χ1v) is 9.02. The van der Waals surface area contributed by atoms with Crippen LogP contribution in [0, 0.1) is 11.6 Å². The zero-order valence-electron chi connectivity index (χ0n) is 15.6. The van der Waals surface area contributed by atoms with Crippen LogP contribution >= 0.6 is 0 Å². The van der Waals surface area contributed by atoms with Crippen molar-refractivity contribution in [1.82, 2.24) is 5.32 Å². The van der Waals surface area contributed by atoms with E-state index in [0.717, 1.165) is 12.1 Å². The predicted octanol–water partition coefficient (Wildman–Crippen LogP) is 3.62. The van der Waals surface area contributed by atoms with Gasteiger partial charge in [-0.15, -0.1) is 0 Å². The number of benzene rings is 3. The molecule has 0 radical (unpaired) electrons. The molecule has 1 atom stereocenters. The minimum Gasteiger partial charge on any atom is -0.480 e. The van der Waals surface area contributed by atoms with Crippen LogP contribution in [0.3, 0.4) is 0 Å². The van der Waals surface area contributed by atoms with Crippen LogP contribution in [0.1, 0.15) is 31.8 Å². The number of carbonyl (C=O) groups is 3. The first-order chi connectivity index (χ1) is 14.3. The van der Waals surface area contributed by atoms with Crippen molar-refractivity contribution in [3.63, 3.8) is 0 Å². The van der Waals surface area contributed by atoms with Gasteiger partial charge in [0, 0.05) is 23.1 Å². The summed E-state index contributed by atoms with van der Waals surface area (Å²) in [5.41, 5.74) is 1.37. The first kappa shape index (κ1) is 20.9. The number of ketones is 1. The van der Waals surface area contributed by atoms with Crippen molar-refractivity contribution in [2.45, 2.75) is 12.5 Å². The second-order valence-corrected chi connectivity index (χ2v) is 6.59. The molecule has 5 nitrogen and oxygen atoms in total. The van der Waals surface area contributed by atoms with Gasteiger partial charge in [-0.25, -0.2) is 13.6 Å². The van der Waals surface area contributed by atoms with Crippen molar-refractivity contribution >= 4 is 17.7 Å². The highest BCUT2D eigenvalue weighted by molar-refractivity contribution is 6.08. The van der Waals surface area contributed by atoms with E-state index in [4.69, 9.17) is 0 Å². The molecule has 0 bridgehead atoms. The number of carboxylic acids is 1. The fraction of sp³-hybridized carbons (Fsp3) is 0.0870. The van der Waals surface area contributed by atoms with Gasteiger partial charge in [0.25, 0.3) is 5.91 Å². The Morgan fingerprint density at radius 3 is 2.00 bits per heavy atom. The molecule has 3 aromatic carbocycles. The minimum absolute atomic E-state index is 0.0510. The minimum atomic E-state index is -1.29. The van der Waals surface area contributed by atoms with Crippen LogP contribution in [0.2, 0.25) is 0 Å². The second kappa shape index (κ2) is 9.09. The number of hydrogen-bond acceptors (Lipinski definition) is 3. The van der Waals surface area contributed by atoms with Crippen molar-refractivity contribution in [2.24, 2.45) is 0 Å². The van der Waals surface area contributed by atoms with Gasteiger partial charge in [-0.3, -0.25) is 9.59 Å². The molecule has 0 saturated carbocycles. The molecule has 0 saturated heterocycles. The van der Waals surface area contributed by atoms with E-state index in [9.17, 15) is 28.3 Å². The normalized spacial score (nSPS) is 11.5. The Kier molecular flexibility index (Phi) is 6.32. The summed E-state index contributed by atoms with van der Waals surface area (Å²) in [7, 11) is 0. The van der Waals surface area contributed by atoms with Gasteiger partial charge in [0.2, 0.25) is 0 Å². The van der Waals surface area contributed by atoms with Gasteiger partial charge in [-0.05, 0) is 23.8 Å². The number of hydrogen-bond donors (Lipinski definition) is 2. The number of amides is 1. The van der Waals surface area contributed by atoms with Crippen LogP contribution < -0.4 is 5.32 Å². The maximum Gasteiger partial charge on any atom is 0.326 e. The average Bonchev–Trinajstić information content (AvgIpc) is 2.75. The van der Waals surface area contributed by atoms with Gasteiger partial charge in [0.15, 0.2) is 17.4 Å². The van der Waals surface area contributed by atoms with E-state index < -0.39 is 29.6 Å². The SMILES string of the molecule is O=C(N[C@H](Cc1ccc(C(=O)c2ccccc2)cc1)C(=O)O)c1ccc(F)c(F)c1. The highest BCUT2D eigenvalue weighted by Crippen LogP contribution is 2.13. The van der Waals surface area contributed by atoms with Crippen LogP contribution in [-0.2, 0) is 11.2 Å². The molecule has 0 aliphatic carbocycles. The van der Waals surface area contributed by atoms with E-state index >= 15 is 0 Å². The lowest BCUT2D eigenvalue weighted by Crippen LogP contribution is -2.42. The molecule has 1 amide bonds. The lowest BCUT2D eigenvalue weighted by Gasteiger charge is -2.15. The first-order valence-electron chi connectivity index (χ1n) is 9.02. The molecule has 7 heteroatoms. The van der Waals surface area contributed by atoms with E-state index in [1.165, 1.54) is 0 Å². The van der Waals surface area contributed by atoms with Crippen molar-refractivity contribution in [1.29, 1.82) is 0 Å². The number of nitrogens with one attached hydrogen (secondary N) is 1. The quantitative estimate of drug-likeness (QED) is 0.584. The molecule has 30 heavy (non-hydrogen) atoms. The maximum atomic E-state index is 13.3. The monoisotopic (exact) mass is 409 g/mol. The molecule has 0 unspecified atom stereocenters. The maximum absolute atomic E-state index is 13.3. The largest absolute Gasteiger partial charge is 0.480 e. The average molecular weight is 409 g/mol. The Labute approximate surface area is 171 Å². The van der Waals surface area contributed by atoms with Gasteiger partial charge in [0.1, 0.15) is 6.04 Å². The fourth-order valence-electron chi connectivity index (χ4n) is 2.86. The van der Waals surface area contributed by atoms with Crippen molar-refractivity contribution in [3.05, 3.63) is 107 Å². The number of aliphatic carboxylic acids is 1. The van der Waals surface area contributed by atoms with E-state index in [1.54, 1.807) is 54.6 Å². The topological polar surface area (TPSA) is 83.5 Å². The van der Waals surface area contributed by atoms with Gasteiger partial charge in [-0.2, -0.15) is 0 Å². The highest BCUT2D eigenvalue weighted by Gasteiger charge is 2.22. The molecular weight excluding hydrogens is 392 g/mol. The molecule has 0 aliphatic heterocycles. The van der Waals surface area contributed by atoms with Crippen LogP contribution in [0.25, 0.3) is 0 Å². The third-order valence-electron chi connectivity index (χ3n) is 4.48. The molecule has 152 valence electrons. The third kappa shape index (κ3) is 4.94. The van der Waals surface area contributed by atoms with E-state index in [-0.39, 0.29) is 17.8 Å². The Hall–Kier alpha value is -3.87. The van der Waals surface area contributed by atoms with Crippen LogP contribution in [0.15, 0.2) is 72.8 Å². The summed E-state index contributed by atoms with van der Waals surface area (Å²) < 4.78 is 26.3. The Morgan fingerprint density at radius 1 is 0.800 bits per heavy atom. The lowest BCUT2D eigenvalue weighted by atomic mass is 9.99. The number of carboxylic acid groups (broad SMARTS) is 1. The van der Waals surface area contributed by atoms with E-state index in [1.807, 2.05) is 0 Å². The number of rotatable bonds is 7. The van der Waals surface area contributed by atoms with Crippen molar-refractivity contribution in [3.8, 4) is 0 Å². The lowest BCUT2D eigenvalue weighted by molar-refractivity contribution is -0.139. The summed E-state index contributed by atoms with van der Waals surface area (Å²) >= 11 is 0. The van der Waals surface area contributed by atoms with Crippen LogP contribution in [0.4, 0.5) is 8.78 Å². The Balaban J connectivity index is 1.70. The fourth-order valence-corrected chi connectivity index (χ4v) is 2.86. The molecule has 0 fully saturated rings. The van der Waals surface area contributed by atoms with Crippen LogP contribution in [-0.4, -0.2) is 28.8 Å². The molecule has 3 aromatic rings. The zero-order chi connectivity index (χ0) is 21.7. The highest BCUT2D eigenvalue weighted by atomic mass is 19.2. The number of carbonyl (C=O) groups excluding carboxylic acids is 2. The summed E-state index contributed by atoms with van der Waals surface area (Å²) in [6.07, 6.45) is -0.0510. The standard InChI is InChI=1S/C23H17F2NO4/c24-18-11-10-17(13-19(18)25)22(28)26-20(23(29)30)12-14-6-8-16(9-7-14)21(27)15-4-2-1-3-5-15/h1-11,13,20H,12H2,(H,26,28)(H,29,30)/t20-/m1/s1. The molecule has 0 spiro atoms. The molecule has 0 aliphatic rings. The predicted molar refractivity (Wildman–Crippen MR) is 105 cm³/mol. The summed E-state index contributed by atoms with van der Waals surface area (Å²) in [5.74, 6) is -4.59. The summed E-state index contributed by atoms with van der Waals surface area (Å²) in [4.78, 5) is 36.2. The van der Waals surface area contributed by atoms with Crippen molar-refractivity contribution < 1.29 is 28.3 Å².